The van der Waals surface area contributed by atoms with Crippen molar-refractivity contribution in [3.8, 4) is 0 Å². The highest BCUT2D eigenvalue weighted by molar-refractivity contribution is 6.33. The van der Waals surface area contributed by atoms with Crippen LogP contribution in [0.1, 0.15) is 10.4 Å². The number of nitro benzene ring substituents is 1. The van der Waals surface area contributed by atoms with Gasteiger partial charge in [-0.1, -0.05) is 11.6 Å². The van der Waals surface area contributed by atoms with Crippen molar-refractivity contribution in [1.29, 1.82) is 0 Å². The van der Waals surface area contributed by atoms with Gasteiger partial charge in [0, 0.05) is 17.8 Å². The van der Waals surface area contributed by atoms with Crippen molar-refractivity contribution in [2.24, 2.45) is 0 Å². The third-order valence-electron chi connectivity index (χ3n) is 2.45. The third kappa shape index (κ3) is 3.29. The zero-order chi connectivity index (χ0) is 15.6. The van der Waals surface area contributed by atoms with Gasteiger partial charge in [0.05, 0.1) is 16.7 Å². The van der Waals surface area contributed by atoms with Gasteiger partial charge in [0.1, 0.15) is 11.0 Å². The minimum atomic E-state index is -1.11. The van der Waals surface area contributed by atoms with Crippen LogP contribution in [-0.2, 0) is 0 Å². The average molecular weight is 314 g/mol. The van der Waals surface area contributed by atoms with E-state index in [2.05, 4.69) is 10.3 Å². The number of nitrogens with one attached hydrogen (secondary N) is 1. The molecule has 1 amide bonds. The number of benzene rings is 1. The van der Waals surface area contributed by atoms with Crippen molar-refractivity contribution in [3.63, 3.8) is 0 Å². The van der Waals surface area contributed by atoms with Crippen LogP contribution in [0, 0.1) is 21.7 Å². The fourth-order valence-corrected chi connectivity index (χ4v) is 1.70. The van der Waals surface area contributed by atoms with Gasteiger partial charge in [-0.3, -0.25) is 14.9 Å². The Morgan fingerprint density at radius 3 is 2.67 bits per heavy atom. The van der Waals surface area contributed by atoms with E-state index in [0.717, 1.165) is 30.5 Å². The SMILES string of the molecule is O=C(Nc1ccc([N+](=O)[O-])c(F)c1)c1cc(F)cnc1Cl. The summed E-state index contributed by atoms with van der Waals surface area (Å²) in [5, 5.41) is 12.5. The van der Waals surface area contributed by atoms with Crippen LogP contribution in [0.5, 0.6) is 0 Å². The summed E-state index contributed by atoms with van der Waals surface area (Å²) in [7, 11) is 0. The van der Waals surface area contributed by atoms with E-state index in [1.807, 2.05) is 0 Å². The molecule has 21 heavy (non-hydrogen) atoms. The highest BCUT2D eigenvalue weighted by Gasteiger charge is 2.17. The number of rotatable bonds is 3. The van der Waals surface area contributed by atoms with Gasteiger partial charge in [-0.15, -0.1) is 0 Å². The lowest BCUT2D eigenvalue weighted by atomic mass is 10.2. The largest absolute Gasteiger partial charge is 0.322 e. The lowest BCUT2D eigenvalue weighted by Gasteiger charge is -2.06. The molecule has 1 aromatic heterocycles. The predicted octanol–water partition coefficient (Wildman–Crippen LogP) is 3.17. The lowest BCUT2D eigenvalue weighted by Crippen LogP contribution is -2.13. The number of carbonyl (C=O) groups is 1. The molecule has 0 saturated heterocycles. The van der Waals surface area contributed by atoms with Crippen LogP contribution >= 0.6 is 11.6 Å². The average Bonchev–Trinajstić information content (AvgIpc) is 2.41. The van der Waals surface area contributed by atoms with Crippen LogP contribution in [0.25, 0.3) is 0 Å². The van der Waals surface area contributed by atoms with Gasteiger partial charge >= 0.3 is 5.69 Å². The van der Waals surface area contributed by atoms with Crippen LogP contribution in [-0.4, -0.2) is 15.8 Å². The van der Waals surface area contributed by atoms with Crippen LogP contribution in [0.4, 0.5) is 20.2 Å². The van der Waals surface area contributed by atoms with Gasteiger partial charge in [-0.25, -0.2) is 9.37 Å². The Hall–Kier alpha value is -2.61. The van der Waals surface area contributed by atoms with Crippen LogP contribution in [0.3, 0.4) is 0 Å². The molecule has 0 fully saturated rings. The Bertz CT molecular complexity index is 740. The molecule has 2 rings (SSSR count). The fraction of sp³-hybridized carbons (Fsp3) is 0. The monoisotopic (exact) mass is 313 g/mol. The lowest BCUT2D eigenvalue weighted by molar-refractivity contribution is -0.387. The van der Waals surface area contributed by atoms with Crippen molar-refractivity contribution in [2.45, 2.75) is 0 Å². The molecule has 1 heterocycles. The predicted molar refractivity (Wildman–Crippen MR) is 70.2 cm³/mol. The Balaban J connectivity index is 2.26. The second-order valence-corrected chi connectivity index (χ2v) is 4.23. The molecule has 2 aromatic rings. The van der Waals surface area contributed by atoms with Gasteiger partial charge in [0.25, 0.3) is 5.91 Å². The first-order valence-corrected chi connectivity index (χ1v) is 5.82. The second kappa shape index (κ2) is 5.80. The summed E-state index contributed by atoms with van der Waals surface area (Å²) in [6.07, 6.45) is 0.838. The molecule has 0 spiro atoms. The number of halogens is 3. The number of amides is 1. The Labute approximate surface area is 121 Å². The maximum atomic E-state index is 13.4. The van der Waals surface area contributed by atoms with E-state index in [1.54, 1.807) is 0 Å². The Morgan fingerprint density at radius 2 is 2.05 bits per heavy atom. The summed E-state index contributed by atoms with van der Waals surface area (Å²) in [6.45, 7) is 0. The summed E-state index contributed by atoms with van der Waals surface area (Å²) >= 11 is 5.65. The van der Waals surface area contributed by atoms with E-state index >= 15 is 0 Å². The van der Waals surface area contributed by atoms with Gasteiger partial charge in [0.2, 0.25) is 5.82 Å². The molecule has 0 saturated carbocycles. The zero-order valence-corrected chi connectivity index (χ0v) is 10.9. The molecule has 1 aromatic carbocycles. The van der Waals surface area contributed by atoms with Gasteiger partial charge < -0.3 is 5.32 Å². The summed E-state index contributed by atoms with van der Waals surface area (Å²) in [6, 6.07) is 3.68. The van der Waals surface area contributed by atoms with Crippen molar-refractivity contribution < 1.29 is 18.5 Å². The Kier molecular flexibility index (Phi) is 4.08. The van der Waals surface area contributed by atoms with E-state index in [9.17, 15) is 23.7 Å². The molecule has 9 heteroatoms. The minimum Gasteiger partial charge on any atom is -0.322 e. The molecule has 1 N–H and O–H groups in total. The third-order valence-corrected chi connectivity index (χ3v) is 2.75. The van der Waals surface area contributed by atoms with E-state index in [4.69, 9.17) is 11.6 Å². The van der Waals surface area contributed by atoms with Crippen molar-refractivity contribution in [1.82, 2.24) is 4.98 Å². The summed E-state index contributed by atoms with van der Waals surface area (Å²) in [5.41, 5.74) is -1.00. The maximum absolute atomic E-state index is 13.4. The number of hydrogen-bond donors (Lipinski definition) is 1. The number of nitrogens with zero attached hydrogens (tertiary/aromatic N) is 2. The molecule has 0 atom stereocenters. The highest BCUT2D eigenvalue weighted by atomic mass is 35.5. The molecular weight excluding hydrogens is 308 g/mol. The molecule has 0 aliphatic rings. The first kappa shape index (κ1) is 14.8. The summed E-state index contributed by atoms with van der Waals surface area (Å²) in [5.74, 6) is -2.69. The smallest absolute Gasteiger partial charge is 0.304 e. The molecule has 108 valence electrons. The molecule has 0 aliphatic carbocycles. The second-order valence-electron chi connectivity index (χ2n) is 3.87. The van der Waals surface area contributed by atoms with Crippen LogP contribution in [0.2, 0.25) is 5.15 Å². The Morgan fingerprint density at radius 1 is 1.33 bits per heavy atom. The number of pyridine rings is 1. The van der Waals surface area contributed by atoms with Crippen LogP contribution in [0.15, 0.2) is 30.5 Å². The first-order chi connectivity index (χ1) is 9.88. The van der Waals surface area contributed by atoms with Crippen molar-refractivity contribution >= 4 is 28.9 Å². The van der Waals surface area contributed by atoms with Gasteiger partial charge in [-0.05, 0) is 12.1 Å². The van der Waals surface area contributed by atoms with E-state index in [-0.39, 0.29) is 16.4 Å². The normalized spacial score (nSPS) is 10.2. The van der Waals surface area contributed by atoms with E-state index in [0.29, 0.717) is 0 Å². The van der Waals surface area contributed by atoms with E-state index < -0.39 is 28.2 Å². The fourth-order valence-electron chi connectivity index (χ4n) is 1.51. The number of hydrogen-bond acceptors (Lipinski definition) is 4. The topological polar surface area (TPSA) is 85.1 Å². The number of carbonyl (C=O) groups excluding carboxylic acids is 1. The number of nitro groups is 1. The number of anilines is 1. The van der Waals surface area contributed by atoms with Gasteiger partial charge in [-0.2, -0.15) is 4.39 Å². The van der Waals surface area contributed by atoms with Crippen molar-refractivity contribution in [3.05, 3.63) is 62.9 Å². The number of aromatic nitrogens is 1. The first-order valence-electron chi connectivity index (χ1n) is 5.45. The summed E-state index contributed by atoms with van der Waals surface area (Å²) < 4.78 is 26.4. The minimum absolute atomic E-state index is 0.0385. The molecule has 0 radical (unpaired) electrons. The molecular formula is C12H6ClF2N3O3. The quantitative estimate of drug-likeness (QED) is 0.536. The maximum Gasteiger partial charge on any atom is 0.304 e. The summed E-state index contributed by atoms with van der Waals surface area (Å²) in [4.78, 5) is 24.9. The molecule has 0 bridgehead atoms. The van der Waals surface area contributed by atoms with Gasteiger partial charge in [0.15, 0.2) is 0 Å². The highest BCUT2D eigenvalue weighted by Crippen LogP contribution is 2.22. The molecule has 0 unspecified atom stereocenters. The van der Waals surface area contributed by atoms with Crippen molar-refractivity contribution in [2.75, 3.05) is 5.32 Å². The molecule has 6 nitrogen and oxygen atoms in total. The zero-order valence-electron chi connectivity index (χ0n) is 10.1. The molecule has 0 aliphatic heterocycles. The van der Waals surface area contributed by atoms with E-state index in [1.165, 1.54) is 0 Å². The van der Waals surface area contributed by atoms with Crippen LogP contribution < -0.4 is 5.32 Å². The standard InChI is InChI=1S/C12H6ClF2N3O3/c13-11-8(3-6(14)5-16-11)12(19)17-7-1-2-10(18(20)21)9(15)4-7/h1-5H,(H,17,19).